The molecule has 2 fully saturated rings. The van der Waals surface area contributed by atoms with Crippen LogP contribution in [0.3, 0.4) is 0 Å². The molecule has 0 bridgehead atoms. The van der Waals surface area contributed by atoms with Crippen molar-refractivity contribution in [2.45, 2.75) is 50.5 Å². The molecule has 5 rings (SSSR count). The number of rotatable bonds is 2. The molecule has 0 radical (unpaired) electrons. The topological polar surface area (TPSA) is 42.8 Å². The number of halogens is 1. The largest absolute Gasteiger partial charge is 1.00 e. The fourth-order valence-electron chi connectivity index (χ4n) is 6.73. The number of quaternary nitrogens is 1. The van der Waals surface area contributed by atoms with Gasteiger partial charge in [0, 0.05) is 23.2 Å². The third-order valence-corrected chi connectivity index (χ3v) is 7.61. The number of carbonyl (C=O) groups excluding carboxylic acids is 1. The Kier molecular flexibility index (Phi) is 4.38. The molecule has 3 heterocycles. The molecule has 4 atom stereocenters. The molecular weight excluding hydrogens is 439 g/mol. The van der Waals surface area contributed by atoms with Gasteiger partial charge in [-0.3, -0.25) is 0 Å². The van der Waals surface area contributed by atoms with Gasteiger partial charge in [-0.2, -0.15) is 0 Å². The summed E-state index contributed by atoms with van der Waals surface area (Å²) in [5.41, 5.74) is 4.86. The number of ether oxygens (including phenoxy) is 1. The van der Waals surface area contributed by atoms with E-state index in [0.717, 1.165) is 30.5 Å². The van der Waals surface area contributed by atoms with E-state index in [0.29, 0.717) is 6.04 Å². The van der Waals surface area contributed by atoms with Gasteiger partial charge in [0.15, 0.2) is 0 Å². The Balaban J connectivity index is 0.00000168. The van der Waals surface area contributed by atoms with E-state index in [1.165, 1.54) is 44.3 Å². The Morgan fingerprint density at radius 3 is 2.88 bits per heavy atom. The molecule has 0 aromatic heterocycles. The number of anilines is 1. The minimum Gasteiger partial charge on any atom is -1.00 e. The van der Waals surface area contributed by atoms with Crippen LogP contribution in [0.5, 0.6) is 0 Å². The molecule has 1 aliphatic carbocycles. The van der Waals surface area contributed by atoms with Crippen molar-refractivity contribution in [2.75, 3.05) is 25.5 Å². The Bertz CT molecular complexity index is 792. The van der Waals surface area contributed by atoms with Crippen LogP contribution in [-0.2, 0) is 14.9 Å². The van der Waals surface area contributed by atoms with Crippen molar-refractivity contribution in [3.63, 3.8) is 0 Å². The third kappa shape index (κ3) is 2.07. The molecule has 3 unspecified atom stereocenters. The number of methoxy groups -OCH3 is 1. The van der Waals surface area contributed by atoms with Gasteiger partial charge < -0.3 is 38.9 Å². The van der Waals surface area contributed by atoms with E-state index < -0.39 is 0 Å². The molecule has 1 aromatic rings. The van der Waals surface area contributed by atoms with Gasteiger partial charge >= 0.3 is 5.97 Å². The minimum atomic E-state index is -0.139. The van der Waals surface area contributed by atoms with Crippen molar-refractivity contribution < 1.29 is 38.4 Å². The summed E-state index contributed by atoms with van der Waals surface area (Å²) in [5.74, 6) is -0.139. The second-order valence-corrected chi connectivity index (χ2v) is 8.32. The molecule has 4 nitrogen and oxygen atoms in total. The van der Waals surface area contributed by atoms with Crippen molar-refractivity contribution in [1.29, 1.82) is 0 Å². The number of hydrogen-bond acceptors (Lipinski definition) is 3. The average molecular weight is 466 g/mol. The Morgan fingerprint density at radius 1 is 1.31 bits per heavy atom. The normalized spacial score (nSPS) is 36.4. The Labute approximate surface area is 172 Å². The first-order valence-corrected chi connectivity index (χ1v) is 9.69. The summed E-state index contributed by atoms with van der Waals surface area (Å²) >= 11 is 0. The fourth-order valence-corrected chi connectivity index (χ4v) is 6.73. The van der Waals surface area contributed by atoms with Crippen molar-refractivity contribution in [1.82, 2.24) is 0 Å². The van der Waals surface area contributed by atoms with Crippen LogP contribution in [-0.4, -0.2) is 32.2 Å². The van der Waals surface area contributed by atoms with Crippen LogP contribution in [0, 0.1) is 5.41 Å². The van der Waals surface area contributed by atoms with E-state index in [1.54, 1.807) is 4.90 Å². The fraction of sp³-hybridized carbons (Fsp3) is 0.571. The molecule has 3 aliphatic heterocycles. The van der Waals surface area contributed by atoms with E-state index in [-0.39, 0.29) is 40.8 Å². The van der Waals surface area contributed by atoms with Gasteiger partial charge in [0.2, 0.25) is 0 Å². The highest BCUT2D eigenvalue weighted by molar-refractivity contribution is 5.93. The van der Waals surface area contributed by atoms with Gasteiger partial charge in [0.25, 0.3) is 0 Å². The number of para-hydroxylation sites is 1. The average Bonchev–Trinajstić information content (AvgIpc) is 3.21. The highest BCUT2D eigenvalue weighted by Crippen LogP contribution is 2.61. The molecule has 1 aromatic carbocycles. The summed E-state index contributed by atoms with van der Waals surface area (Å²) in [6.07, 6.45) is 5.64. The monoisotopic (exact) mass is 466 g/mol. The minimum absolute atomic E-state index is 0. The lowest BCUT2D eigenvalue weighted by Crippen LogP contribution is -3.17. The molecule has 4 aliphatic rings. The lowest BCUT2D eigenvalue weighted by Gasteiger charge is -2.53. The Hall–Kier alpha value is -1.08. The second-order valence-electron chi connectivity index (χ2n) is 8.32. The molecule has 1 spiro atoms. The third-order valence-electron chi connectivity index (χ3n) is 7.61. The van der Waals surface area contributed by atoms with Crippen LogP contribution >= 0.6 is 0 Å². The first-order valence-electron chi connectivity index (χ1n) is 9.69. The SMILES string of the molecule is CCC12CCC[NH+]3CCC4(C(=C(C(=O)OC)C1)Nc1ccccc14)[C@@H]32.[I-]. The van der Waals surface area contributed by atoms with E-state index in [4.69, 9.17) is 4.74 Å². The smallest absolute Gasteiger partial charge is 0.335 e. The molecular formula is C21H27IN2O2. The van der Waals surface area contributed by atoms with E-state index in [9.17, 15) is 4.79 Å². The van der Waals surface area contributed by atoms with Crippen molar-refractivity contribution in [3.05, 3.63) is 41.1 Å². The van der Waals surface area contributed by atoms with E-state index in [2.05, 4.69) is 36.5 Å². The predicted molar refractivity (Wildman–Crippen MR) is 96.5 cm³/mol. The van der Waals surface area contributed by atoms with Crippen LogP contribution in [0.4, 0.5) is 5.69 Å². The molecule has 2 N–H and O–H groups in total. The highest BCUT2D eigenvalue weighted by atomic mass is 127. The number of esters is 1. The zero-order chi connectivity index (χ0) is 17.2. The summed E-state index contributed by atoms with van der Waals surface area (Å²) in [4.78, 5) is 14.5. The van der Waals surface area contributed by atoms with Gasteiger partial charge in [-0.25, -0.2) is 4.79 Å². The van der Waals surface area contributed by atoms with Gasteiger partial charge in [0.1, 0.15) is 6.04 Å². The van der Waals surface area contributed by atoms with Crippen LogP contribution < -0.4 is 34.2 Å². The number of piperidine rings is 1. The zero-order valence-electron chi connectivity index (χ0n) is 15.5. The van der Waals surface area contributed by atoms with Crippen molar-refractivity contribution >= 4 is 11.7 Å². The Morgan fingerprint density at radius 2 is 2.12 bits per heavy atom. The van der Waals surface area contributed by atoms with Crippen LogP contribution in [0.1, 0.15) is 44.6 Å². The lowest BCUT2D eigenvalue weighted by molar-refractivity contribution is -0.929. The highest BCUT2D eigenvalue weighted by Gasteiger charge is 2.69. The zero-order valence-corrected chi connectivity index (χ0v) is 17.7. The van der Waals surface area contributed by atoms with Crippen molar-refractivity contribution in [2.24, 2.45) is 5.41 Å². The van der Waals surface area contributed by atoms with Crippen LogP contribution in [0.15, 0.2) is 35.5 Å². The van der Waals surface area contributed by atoms with Crippen LogP contribution in [0.2, 0.25) is 0 Å². The first-order chi connectivity index (χ1) is 12.2. The summed E-state index contributed by atoms with van der Waals surface area (Å²) in [7, 11) is 1.52. The summed E-state index contributed by atoms with van der Waals surface area (Å²) < 4.78 is 5.23. The molecule has 2 saturated heterocycles. The molecule has 140 valence electrons. The molecule has 0 saturated carbocycles. The van der Waals surface area contributed by atoms with Gasteiger partial charge in [-0.1, -0.05) is 25.1 Å². The number of nitrogens with one attached hydrogen (secondary N) is 2. The standard InChI is InChI=1S/C21H26N2O2.HI/c1-3-20-9-6-11-23-12-10-21(19(20)23)15-7-4-5-8-16(15)22-17(21)14(13-20)18(24)25-2;/h4-5,7-8,19,22H,3,6,9-13H2,1-2H3;1H/t19-,20?,21?;/m0./s1. The van der Waals surface area contributed by atoms with Crippen LogP contribution in [0.25, 0.3) is 0 Å². The second kappa shape index (κ2) is 6.23. The molecule has 26 heavy (non-hydrogen) atoms. The van der Waals surface area contributed by atoms with Gasteiger partial charge in [-0.15, -0.1) is 0 Å². The number of hydrogen-bond donors (Lipinski definition) is 2. The number of carbonyl (C=O) groups is 1. The summed E-state index contributed by atoms with van der Waals surface area (Å²) in [5, 5.41) is 3.66. The molecule has 5 heteroatoms. The van der Waals surface area contributed by atoms with Gasteiger partial charge in [0.05, 0.1) is 31.2 Å². The van der Waals surface area contributed by atoms with E-state index >= 15 is 0 Å². The van der Waals surface area contributed by atoms with Crippen molar-refractivity contribution in [3.8, 4) is 0 Å². The number of benzene rings is 1. The lowest BCUT2D eigenvalue weighted by atomic mass is 9.53. The summed E-state index contributed by atoms with van der Waals surface area (Å²) in [6, 6.07) is 9.27. The first kappa shape index (κ1) is 18.3. The summed E-state index contributed by atoms with van der Waals surface area (Å²) in [6.45, 7) is 4.81. The maximum Gasteiger partial charge on any atom is 0.335 e. The quantitative estimate of drug-likeness (QED) is 0.436. The number of fused-ring (bicyclic) bond motifs is 1. The maximum absolute atomic E-state index is 12.7. The predicted octanol–water partition coefficient (Wildman–Crippen LogP) is -0.968. The maximum atomic E-state index is 12.7. The van der Waals surface area contributed by atoms with Gasteiger partial charge in [-0.05, 0) is 37.3 Å². The molecule has 0 amide bonds. The van der Waals surface area contributed by atoms with E-state index in [1.807, 2.05) is 0 Å².